The van der Waals surface area contributed by atoms with Gasteiger partial charge < -0.3 is 9.80 Å². The summed E-state index contributed by atoms with van der Waals surface area (Å²) >= 11 is 0. The number of nitrogens with zero attached hydrogens (tertiary/aromatic N) is 8. The van der Waals surface area contributed by atoms with Gasteiger partial charge in [0.25, 0.3) is 0 Å². The maximum Gasteiger partial charge on any atom is 0.151 e. The van der Waals surface area contributed by atoms with E-state index in [1.807, 2.05) is 0 Å². The molecule has 0 spiro atoms. The van der Waals surface area contributed by atoms with Crippen molar-refractivity contribution in [2.45, 2.75) is 25.8 Å². The first-order valence-corrected chi connectivity index (χ1v) is 9.28. The van der Waals surface area contributed by atoms with E-state index in [1.165, 1.54) is 19.3 Å². The minimum atomic E-state index is 0.845. The molecular weight excluding hydrogens is 316 g/mol. The van der Waals surface area contributed by atoms with Crippen LogP contribution in [0.1, 0.15) is 19.3 Å². The van der Waals surface area contributed by atoms with Crippen molar-refractivity contribution in [2.75, 3.05) is 55.6 Å². The van der Waals surface area contributed by atoms with E-state index in [-0.39, 0.29) is 0 Å². The second-order valence-corrected chi connectivity index (χ2v) is 6.75. The molecule has 0 N–H and O–H groups in total. The predicted octanol–water partition coefficient (Wildman–Crippen LogP) is 0.881. The van der Waals surface area contributed by atoms with Gasteiger partial charge in [-0.25, -0.2) is 0 Å². The molecule has 8 nitrogen and oxygen atoms in total. The highest BCUT2D eigenvalue weighted by Gasteiger charge is 2.19. The Kier molecular flexibility index (Phi) is 5.06. The lowest BCUT2D eigenvalue weighted by atomic mass is 10.1. The van der Waals surface area contributed by atoms with Crippen LogP contribution in [0.5, 0.6) is 0 Å². The molecule has 0 unspecified atom stereocenters. The molecule has 0 saturated carbocycles. The van der Waals surface area contributed by atoms with E-state index in [0.29, 0.717) is 0 Å². The summed E-state index contributed by atoms with van der Waals surface area (Å²) in [5, 5.41) is 17.3. The van der Waals surface area contributed by atoms with Gasteiger partial charge >= 0.3 is 0 Å². The summed E-state index contributed by atoms with van der Waals surface area (Å²) in [6.07, 6.45) is 7.32. The fourth-order valence-electron chi connectivity index (χ4n) is 3.57. The van der Waals surface area contributed by atoms with Crippen LogP contribution in [0.25, 0.3) is 0 Å². The first-order chi connectivity index (χ1) is 12.4. The summed E-state index contributed by atoms with van der Waals surface area (Å²) in [4.78, 5) is 8.88. The van der Waals surface area contributed by atoms with Crippen molar-refractivity contribution in [3.05, 3.63) is 24.5 Å². The first-order valence-electron chi connectivity index (χ1n) is 9.28. The number of rotatable bonds is 5. The SMILES string of the molecule is c1cnn(CCN2CCN(c3ccc(N4CCCCC4)nn3)CC2)n1. The van der Waals surface area contributed by atoms with Crippen LogP contribution in [0, 0.1) is 0 Å². The number of hydrogen-bond donors (Lipinski definition) is 0. The Labute approximate surface area is 148 Å². The van der Waals surface area contributed by atoms with E-state index in [4.69, 9.17) is 0 Å². The van der Waals surface area contributed by atoms with Crippen molar-refractivity contribution in [1.29, 1.82) is 0 Å². The minimum Gasteiger partial charge on any atom is -0.355 e. The summed E-state index contributed by atoms with van der Waals surface area (Å²) in [5.41, 5.74) is 0. The Balaban J connectivity index is 1.27. The van der Waals surface area contributed by atoms with E-state index in [2.05, 4.69) is 47.2 Å². The highest BCUT2D eigenvalue weighted by Crippen LogP contribution is 2.19. The second kappa shape index (κ2) is 7.77. The Hall–Kier alpha value is -2.22. The molecular formula is C17H26N8. The van der Waals surface area contributed by atoms with E-state index in [1.54, 1.807) is 17.2 Å². The molecule has 134 valence electrons. The molecule has 2 aliphatic rings. The number of anilines is 2. The number of piperazine rings is 1. The molecule has 0 bridgehead atoms. The van der Waals surface area contributed by atoms with Crippen molar-refractivity contribution >= 4 is 11.6 Å². The van der Waals surface area contributed by atoms with Crippen molar-refractivity contribution < 1.29 is 0 Å². The lowest BCUT2D eigenvalue weighted by Crippen LogP contribution is -2.47. The van der Waals surface area contributed by atoms with E-state index in [0.717, 1.165) is 64.0 Å². The van der Waals surface area contributed by atoms with Gasteiger partial charge in [0.05, 0.1) is 18.9 Å². The van der Waals surface area contributed by atoms with Gasteiger partial charge in [0.2, 0.25) is 0 Å². The predicted molar refractivity (Wildman–Crippen MR) is 96.8 cm³/mol. The number of aromatic nitrogens is 5. The van der Waals surface area contributed by atoms with Gasteiger partial charge in [0, 0.05) is 45.8 Å². The average Bonchev–Trinajstić information content (AvgIpc) is 3.21. The van der Waals surface area contributed by atoms with Gasteiger partial charge in [-0.05, 0) is 31.4 Å². The maximum atomic E-state index is 4.48. The molecule has 0 radical (unpaired) electrons. The lowest BCUT2D eigenvalue weighted by molar-refractivity contribution is 0.239. The monoisotopic (exact) mass is 342 g/mol. The first kappa shape index (κ1) is 16.3. The fourth-order valence-corrected chi connectivity index (χ4v) is 3.57. The molecule has 2 aromatic heterocycles. The normalized spacial score (nSPS) is 19.4. The Morgan fingerprint density at radius 1 is 0.680 bits per heavy atom. The zero-order chi connectivity index (χ0) is 16.9. The molecule has 0 aromatic carbocycles. The lowest BCUT2D eigenvalue weighted by Gasteiger charge is -2.35. The number of piperidine rings is 1. The van der Waals surface area contributed by atoms with Crippen LogP contribution >= 0.6 is 0 Å². The Bertz CT molecular complexity index is 627. The third kappa shape index (κ3) is 4.07. The molecule has 2 aliphatic heterocycles. The van der Waals surface area contributed by atoms with Crippen LogP contribution in [-0.2, 0) is 6.54 Å². The summed E-state index contributed by atoms with van der Waals surface area (Å²) in [5.74, 6) is 2.02. The zero-order valence-electron chi connectivity index (χ0n) is 14.7. The van der Waals surface area contributed by atoms with Gasteiger partial charge in [-0.2, -0.15) is 15.0 Å². The molecule has 4 rings (SSSR count). The highest BCUT2D eigenvalue weighted by molar-refractivity contribution is 5.45. The molecule has 25 heavy (non-hydrogen) atoms. The molecule has 2 aromatic rings. The van der Waals surface area contributed by atoms with Crippen molar-refractivity contribution in [3.63, 3.8) is 0 Å². The zero-order valence-corrected chi connectivity index (χ0v) is 14.7. The van der Waals surface area contributed by atoms with Crippen LogP contribution in [-0.4, -0.2) is 75.9 Å². The third-order valence-electron chi connectivity index (χ3n) is 5.10. The smallest absolute Gasteiger partial charge is 0.151 e. The fraction of sp³-hybridized carbons (Fsp3) is 0.647. The van der Waals surface area contributed by atoms with E-state index >= 15 is 0 Å². The molecule has 2 saturated heterocycles. The summed E-state index contributed by atoms with van der Waals surface area (Å²) in [6, 6.07) is 4.25. The van der Waals surface area contributed by atoms with Crippen LogP contribution in [0.2, 0.25) is 0 Å². The summed E-state index contributed by atoms with van der Waals surface area (Å²) in [6.45, 7) is 8.11. The third-order valence-corrected chi connectivity index (χ3v) is 5.10. The second-order valence-electron chi connectivity index (χ2n) is 6.75. The van der Waals surface area contributed by atoms with Gasteiger partial charge in [0.15, 0.2) is 11.6 Å². The van der Waals surface area contributed by atoms with Crippen LogP contribution in [0.4, 0.5) is 11.6 Å². The molecule has 0 aliphatic carbocycles. The van der Waals surface area contributed by atoms with Crippen LogP contribution < -0.4 is 9.80 Å². The maximum absolute atomic E-state index is 4.48. The summed E-state index contributed by atoms with van der Waals surface area (Å²) < 4.78 is 0. The number of hydrogen-bond acceptors (Lipinski definition) is 7. The van der Waals surface area contributed by atoms with E-state index in [9.17, 15) is 0 Å². The molecule has 4 heterocycles. The molecule has 0 amide bonds. The van der Waals surface area contributed by atoms with Gasteiger partial charge in [-0.15, -0.1) is 10.2 Å². The van der Waals surface area contributed by atoms with Gasteiger partial charge in [0.1, 0.15) is 0 Å². The molecule has 8 heteroatoms. The quantitative estimate of drug-likeness (QED) is 0.799. The van der Waals surface area contributed by atoms with Crippen LogP contribution in [0.15, 0.2) is 24.5 Å². The van der Waals surface area contributed by atoms with Crippen molar-refractivity contribution in [3.8, 4) is 0 Å². The Morgan fingerprint density at radius 2 is 1.28 bits per heavy atom. The Morgan fingerprint density at radius 3 is 1.88 bits per heavy atom. The van der Waals surface area contributed by atoms with Crippen molar-refractivity contribution in [2.24, 2.45) is 0 Å². The van der Waals surface area contributed by atoms with Gasteiger partial charge in [-0.1, -0.05) is 0 Å². The highest BCUT2D eigenvalue weighted by atomic mass is 15.5. The molecule has 0 atom stereocenters. The largest absolute Gasteiger partial charge is 0.355 e. The standard InChI is InChI=1S/C17H26N8/c1-2-8-23(9-3-1)16-4-5-17(21-20-16)24-13-10-22(11-14-24)12-15-25-18-6-7-19-25/h4-7H,1-3,8-15H2. The van der Waals surface area contributed by atoms with Crippen LogP contribution in [0.3, 0.4) is 0 Å². The minimum absolute atomic E-state index is 0.845. The average molecular weight is 342 g/mol. The topological polar surface area (TPSA) is 66.2 Å². The van der Waals surface area contributed by atoms with Crippen molar-refractivity contribution in [1.82, 2.24) is 30.1 Å². The van der Waals surface area contributed by atoms with E-state index < -0.39 is 0 Å². The summed E-state index contributed by atoms with van der Waals surface area (Å²) in [7, 11) is 0. The van der Waals surface area contributed by atoms with Gasteiger partial charge in [-0.3, -0.25) is 4.90 Å². The molecule has 2 fully saturated rings.